The fourth-order valence-electron chi connectivity index (χ4n) is 0.867. The SMILES string of the molecule is C=CC(=O)Nc1cc(C(F)F)c(Cl)cn1. The van der Waals surface area contributed by atoms with E-state index in [1.165, 1.54) is 0 Å². The number of carbonyl (C=O) groups is 1. The number of hydrogen-bond donors (Lipinski definition) is 1. The Hall–Kier alpha value is -1.49. The second kappa shape index (κ2) is 4.84. The number of carbonyl (C=O) groups excluding carboxylic acids is 1. The molecule has 1 aromatic rings. The van der Waals surface area contributed by atoms with Gasteiger partial charge in [-0.05, 0) is 12.1 Å². The van der Waals surface area contributed by atoms with E-state index in [1.54, 1.807) is 0 Å². The van der Waals surface area contributed by atoms with Crippen molar-refractivity contribution < 1.29 is 13.6 Å². The monoisotopic (exact) mass is 232 g/mol. The Morgan fingerprint density at radius 1 is 1.67 bits per heavy atom. The van der Waals surface area contributed by atoms with Crippen molar-refractivity contribution in [2.24, 2.45) is 0 Å². The molecule has 0 radical (unpaired) electrons. The molecule has 0 aliphatic carbocycles. The van der Waals surface area contributed by atoms with Crippen LogP contribution in [0.2, 0.25) is 5.02 Å². The summed E-state index contributed by atoms with van der Waals surface area (Å²) in [5.74, 6) is -0.510. The number of alkyl halides is 2. The third-order valence-electron chi connectivity index (χ3n) is 1.56. The van der Waals surface area contributed by atoms with Crippen molar-refractivity contribution in [1.82, 2.24) is 4.98 Å². The maximum absolute atomic E-state index is 12.4. The van der Waals surface area contributed by atoms with Gasteiger partial charge in [-0.1, -0.05) is 18.2 Å². The molecule has 1 amide bonds. The van der Waals surface area contributed by atoms with E-state index in [1.807, 2.05) is 0 Å². The molecule has 0 saturated heterocycles. The molecule has 0 aliphatic heterocycles. The van der Waals surface area contributed by atoms with Gasteiger partial charge in [0, 0.05) is 11.8 Å². The van der Waals surface area contributed by atoms with Crippen molar-refractivity contribution in [3.63, 3.8) is 0 Å². The van der Waals surface area contributed by atoms with E-state index >= 15 is 0 Å². The number of hydrogen-bond acceptors (Lipinski definition) is 2. The average molecular weight is 233 g/mol. The number of nitrogens with one attached hydrogen (secondary N) is 1. The molecule has 0 saturated carbocycles. The first kappa shape index (κ1) is 11.6. The minimum absolute atomic E-state index is 0.0135. The lowest BCUT2D eigenvalue weighted by Gasteiger charge is -2.05. The van der Waals surface area contributed by atoms with Crippen LogP contribution in [0.3, 0.4) is 0 Å². The van der Waals surface area contributed by atoms with Gasteiger partial charge in [-0.3, -0.25) is 4.79 Å². The molecule has 6 heteroatoms. The van der Waals surface area contributed by atoms with Crippen molar-refractivity contribution in [3.8, 4) is 0 Å². The molecule has 0 bridgehead atoms. The molecule has 1 N–H and O–H groups in total. The normalized spacial score (nSPS) is 10.1. The highest BCUT2D eigenvalue weighted by molar-refractivity contribution is 6.31. The fraction of sp³-hybridized carbons (Fsp3) is 0.111. The average Bonchev–Trinajstić information content (AvgIpc) is 2.20. The Kier molecular flexibility index (Phi) is 3.74. The number of rotatable bonds is 3. The number of amides is 1. The third kappa shape index (κ3) is 2.99. The van der Waals surface area contributed by atoms with E-state index in [-0.39, 0.29) is 16.4 Å². The minimum Gasteiger partial charge on any atom is -0.307 e. The van der Waals surface area contributed by atoms with Crippen molar-refractivity contribution in [2.75, 3.05) is 5.32 Å². The Morgan fingerprint density at radius 2 is 2.33 bits per heavy atom. The van der Waals surface area contributed by atoms with Gasteiger partial charge in [-0.15, -0.1) is 0 Å². The van der Waals surface area contributed by atoms with Crippen LogP contribution in [0.4, 0.5) is 14.6 Å². The maximum atomic E-state index is 12.4. The Balaban J connectivity index is 2.97. The lowest BCUT2D eigenvalue weighted by Crippen LogP contribution is -2.09. The number of anilines is 1. The number of aromatic nitrogens is 1. The summed E-state index contributed by atoms with van der Waals surface area (Å²) in [5.41, 5.74) is -0.369. The van der Waals surface area contributed by atoms with Crippen LogP contribution in [0.15, 0.2) is 24.9 Å². The van der Waals surface area contributed by atoms with Gasteiger partial charge in [0.25, 0.3) is 6.43 Å². The van der Waals surface area contributed by atoms with Crippen LogP contribution < -0.4 is 5.32 Å². The predicted molar refractivity (Wildman–Crippen MR) is 53.0 cm³/mol. The number of nitrogens with zero attached hydrogens (tertiary/aromatic N) is 1. The molecule has 1 heterocycles. The first-order valence-corrected chi connectivity index (χ1v) is 4.29. The molecule has 0 aliphatic rings. The van der Waals surface area contributed by atoms with E-state index in [4.69, 9.17) is 11.6 Å². The zero-order chi connectivity index (χ0) is 11.4. The molecule has 0 aromatic carbocycles. The van der Waals surface area contributed by atoms with E-state index in [0.29, 0.717) is 0 Å². The largest absolute Gasteiger partial charge is 0.307 e. The van der Waals surface area contributed by atoms with Crippen LogP contribution >= 0.6 is 11.6 Å². The molecular weight excluding hydrogens is 226 g/mol. The van der Waals surface area contributed by atoms with Gasteiger partial charge in [0.05, 0.1) is 5.02 Å². The zero-order valence-corrected chi connectivity index (χ0v) is 8.26. The summed E-state index contributed by atoms with van der Waals surface area (Å²) in [6, 6.07) is 1.02. The van der Waals surface area contributed by atoms with Crippen LogP contribution in [0, 0.1) is 0 Å². The van der Waals surface area contributed by atoms with E-state index in [9.17, 15) is 13.6 Å². The van der Waals surface area contributed by atoms with Crippen LogP contribution in [-0.2, 0) is 4.79 Å². The number of pyridine rings is 1. The molecule has 3 nitrogen and oxygen atoms in total. The quantitative estimate of drug-likeness (QED) is 0.815. The molecule has 0 unspecified atom stereocenters. The summed E-state index contributed by atoms with van der Waals surface area (Å²) in [7, 11) is 0. The molecule has 0 spiro atoms. The molecule has 0 fully saturated rings. The summed E-state index contributed by atoms with van der Waals surface area (Å²) < 4.78 is 24.8. The first-order valence-electron chi connectivity index (χ1n) is 3.91. The summed E-state index contributed by atoms with van der Waals surface area (Å²) in [6.07, 6.45) is -0.639. The van der Waals surface area contributed by atoms with Crippen molar-refractivity contribution in [1.29, 1.82) is 0 Å². The lowest BCUT2D eigenvalue weighted by molar-refractivity contribution is -0.111. The van der Waals surface area contributed by atoms with Gasteiger partial charge in [0.15, 0.2) is 0 Å². The Morgan fingerprint density at radius 3 is 2.87 bits per heavy atom. The van der Waals surface area contributed by atoms with E-state index in [0.717, 1.165) is 18.3 Å². The number of halogens is 3. The molecular formula is C9H7ClF2N2O. The van der Waals surface area contributed by atoms with Gasteiger partial charge >= 0.3 is 0 Å². The molecule has 1 rings (SSSR count). The minimum atomic E-state index is -2.71. The van der Waals surface area contributed by atoms with Crippen LogP contribution in [-0.4, -0.2) is 10.9 Å². The third-order valence-corrected chi connectivity index (χ3v) is 1.87. The molecule has 0 atom stereocenters. The van der Waals surface area contributed by atoms with Gasteiger partial charge in [0.2, 0.25) is 5.91 Å². The van der Waals surface area contributed by atoms with Crippen LogP contribution in [0.5, 0.6) is 0 Å². The van der Waals surface area contributed by atoms with Gasteiger partial charge in [-0.25, -0.2) is 13.8 Å². The molecule has 15 heavy (non-hydrogen) atoms. The van der Waals surface area contributed by atoms with Crippen molar-refractivity contribution in [2.45, 2.75) is 6.43 Å². The van der Waals surface area contributed by atoms with Crippen molar-refractivity contribution in [3.05, 3.63) is 35.5 Å². The zero-order valence-electron chi connectivity index (χ0n) is 7.51. The predicted octanol–water partition coefficient (Wildman–Crippen LogP) is 2.80. The maximum Gasteiger partial charge on any atom is 0.265 e. The standard InChI is InChI=1S/C9H7ClF2N2O/c1-2-8(15)14-7-3-5(9(11)12)6(10)4-13-7/h2-4,9H,1H2,(H,13,14,15). The summed E-state index contributed by atoms with van der Waals surface area (Å²) in [5, 5.41) is 2.12. The van der Waals surface area contributed by atoms with E-state index in [2.05, 4.69) is 16.9 Å². The second-order valence-electron chi connectivity index (χ2n) is 2.59. The van der Waals surface area contributed by atoms with Crippen LogP contribution in [0.25, 0.3) is 0 Å². The summed E-state index contributed by atoms with van der Waals surface area (Å²) >= 11 is 5.49. The molecule has 1 aromatic heterocycles. The van der Waals surface area contributed by atoms with Crippen LogP contribution in [0.1, 0.15) is 12.0 Å². The Bertz CT molecular complexity index is 396. The van der Waals surface area contributed by atoms with Gasteiger partial charge < -0.3 is 5.32 Å². The first-order chi connectivity index (χ1) is 7.04. The smallest absolute Gasteiger partial charge is 0.265 e. The summed E-state index contributed by atoms with van der Waals surface area (Å²) in [4.78, 5) is 14.5. The summed E-state index contributed by atoms with van der Waals surface area (Å²) in [6.45, 7) is 3.22. The van der Waals surface area contributed by atoms with Crippen molar-refractivity contribution >= 4 is 23.3 Å². The second-order valence-corrected chi connectivity index (χ2v) is 2.99. The molecule has 80 valence electrons. The van der Waals surface area contributed by atoms with E-state index < -0.39 is 12.3 Å². The highest BCUT2D eigenvalue weighted by Crippen LogP contribution is 2.27. The lowest BCUT2D eigenvalue weighted by atomic mass is 10.2. The Labute approximate surface area is 89.8 Å². The fourth-order valence-corrected chi connectivity index (χ4v) is 1.05. The topological polar surface area (TPSA) is 42.0 Å². The highest BCUT2D eigenvalue weighted by atomic mass is 35.5. The van der Waals surface area contributed by atoms with Gasteiger partial charge in [-0.2, -0.15) is 0 Å². The highest BCUT2D eigenvalue weighted by Gasteiger charge is 2.13. The van der Waals surface area contributed by atoms with Gasteiger partial charge in [0.1, 0.15) is 5.82 Å².